The van der Waals surface area contributed by atoms with Crippen molar-refractivity contribution in [1.82, 2.24) is 15.8 Å². The van der Waals surface area contributed by atoms with Crippen LogP contribution in [0.25, 0.3) is 0 Å². The van der Waals surface area contributed by atoms with Crippen LogP contribution in [0, 0.1) is 0 Å². The van der Waals surface area contributed by atoms with Crippen molar-refractivity contribution in [3.63, 3.8) is 0 Å². The first-order valence-corrected chi connectivity index (χ1v) is 10.8. The molecule has 3 rings (SSSR count). The molecule has 2 N–H and O–H groups in total. The summed E-state index contributed by atoms with van der Waals surface area (Å²) in [5.74, 6) is 0.705. The Bertz CT molecular complexity index is 1060. The van der Waals surface area contributed by atoms with Crippen LogP contribution >= 0.6 is 0 Å². The number of ether oxygens (including phenoxy) is 2. The van der Waals surface area contributed by atoms with Gasteiger partial charge in [-0.1, -0.05) is 44.2 Å². The van der Waals surface area contributed by atoms with Crippen molar-refractivity contribution in [1.29, 1.82) is 0 Å². The molecular weight excluding hydrogens is 422 g/mol. The van der Waals surface area contributed by atoms with Gasteiger partial charge < -0.3 is 13.9 Å². The van der Waals surface area contributed by atoms with Crippen LogP contribution in [-0.4, -0.2) is 36.9 Å². The van der Waals surface area contributed by atoms with Crippen molar-refractivity contribution in [2.75, 3.05) is 20.2 Å². The molecule has 0 spiro atoms. The monoisotopic (exact) mass is 451 g/mol. The predicted octanol–water partition coefficient (Wildman–Crippen LogP) is 3.78. The number of hydrogen-bond donors (Lipinski definition) is 2. The van der Waals surface area contributed by atoms with Crippen molar-refractivity contribution < 1.29 is 23.5 Å². The Labute approximate surface area is 193 Å². The second-order valence-electron chi connectivity index (χ2n) is 7.28. The third-order valence-electron chi connectivity index (χ3n) is 5.11. The molecule has 1 aromatic heterocycles. The number of amides is 2. The number of hydrogen-bond acceptors (Lipinski definition) is 6. The van der Waals surface area contributed by atoms with E-state index in [0.29, 0.717) is 36.0 Å². The molecule has 0 fully saturated rings. The third kappa shape index (κ3) is 6.60. The molecule has 174 valence electrons. The summed E-state index contributed by atoms with van der Waals surface area (Å²) < 4.78 is 16.8. The van der Waals surface area contributed by atoms with Gasteiger partial charge in [0, 0.05) is 5.56 Å². The van der Waals surface area contributed by atoms with Gasteiger partial charge in [-0.3, -0.25) is 25.3 Å². The first-order valence-electron chi connectivity index (χ1n) is 10.8. The van der Waals surface area contributed by atoms with Crippen molar-refractivity contribution in [2.45, 2.75) is 27.0 Å². The lowest BCUT2D eigenvalue weighted by atomic mass is 10.2. The number of rotatable bonds is 10. The molecule has 0 aliphatic heterocycles. The van der Waals surface area contributed by atoms with Crippen LogP contribution in [-0.2, 0) is 13.2 Å². The summed E-state index contributed by atoms with van der Waals surface area (Å²) in [7, 11) is 1.50. The average molecular weight is 452 g/mol. The smallest absolute Gasteiger partial charge is 0.305 e. The fraction of sp³-hybridized carbons (Fsp3) is 0.280. The molecule has 2 amide bonds. The lowest BCUT2D eigenvalue weighted by Gasteiger charge is -2.15. The minimum atomic E-state index is -0.538. The number of nitrogens with zero attached hydrogens (tertiary/aromatic N) is 1. The van der Waals surface area contributed by atoms with Gasteiger partial charge in [0.15, 0.2) is 17.3 Å². The quantitative estimate of drug-likeness (QED) is 0.456. The lowest BCUT2D eigenvalue weighted by molar-refractivity contribution is 0.0828. The summed E-state index contributed by atoms with van der Waals surface area (Å²) in [5, 5.41) is 0. The maximum Gasteiger partial charge on any atom is 0.305 e. The Morgan fingerprint density at radius 1 is 0.909 bits per heavy atom. The van der Waals surface area contributed by atoms with Gasteiger partial charge in [-0.15, -0.1) is 0 Å². The molecule has 3 aromatic rings. The summed E-state index contributed by atoms with van der Waals surface area (Å²) in [4.78, 5) is 27.0. The predicted molar refractivity (Wildman–Crippen MR) is 124 cm³/mol. The highest BCUT2D eigenvalue weighted by atomic mass is 16.5. The fourth-order valence-electron chi connectivity index (χ4n) is 3.16. The molecule has 0 saturated heterocycles. The number of hydrazine groups is 1. The number of nitrogens with one attached hydrogen (secondary N) is 2. The number of carbonyl (C=O) groups is 2. The van der Waals surface area contributed by atoms with Crippen LogP contribution in [0.2, 0.25) is 0 Å². The topological polar surface area (TPSA) is 93.0 Å². The fourth-order valence-corrected chi connectivity index (χ4v) is 3.16. The van der Waals surface area contributed by atoms with E-state index in [-0.39, 0.29) is 5.76 Å². The molecule has 0 atom stereocenters. The second kappa shape index (κ2) is 11.7. The van der Waals surface area contributed by atoms with Crippen molar-refractivity contribution in [2.24, 2.45) is 0 Å². The van der Waals surface area contributed by atoms with Gasteiger partial charge in [-0.2, -0.15) is 0 Å². The van der Waals surface area contributed by atoms with Crippen LogP contribution in [0.3, 0.4) is 0 Å². The van der Waals surface area contributed by atoms with Crippen molar-refractivity contribution in [3.8, 4) is 11.5 Å². The normalized spacial score (nSPS) is 10.7. The zero-order valence-corrected chi connectivity index (χ0v) is 19.1. The Morgan fingerprint density at radius 2 is 1.64 bits per heavy atom. The van der Waals surface area contributed by atoms with Gasteiger partial charge in [-0.05, 0) is 49.0 Å². The standard InChI is InChI=1S/C25H29N3O5/c1-4-28(5-2)16-20-12-14-22(33-20)25(30)27-26-24(29)19-11-13-21(23(15-19)31-3)32-17-18-9-7-6-8-10-18/h6-15H,4-5,16-17H2,1-3H3,(H,26,29)(H,27,30). The minimum Gasteiger partial charge on any atom is -0.493 e. The molecule has 0 radical (unpaired) electrons. The maximum absolute atomic E-state index is 12.5. The number of furan rings is 1. The van der Waals surface area contributed by atoms with E-state index < -0.39 is 11.8 Å². The van der Waals surface area contributed by atoms with Gasteiger partial charge in [0.2, 0.25) is 0 Å². The van der Waals surface area contributed by atoms with Crippen LogP contribution in [0.4, 0.5) is 0 Å². The van der Waals surface area contributed by atoms with Gasteiger partial charge in [-0.25, -0.2) is 0 Å². The number of carbonyl (C=O) groups excluding carboxylic acids is 2. The largest absolute Gasteiger partial charge is 0.493 e. The summed E-state index contributed by atoms with van der Waals surface area (Å²) in [6, 6.07) is 17.9. The number of methoxy groups -OCH3 is 1. The summed E-state index contributed by atoms with van der Waals surface area (Å²) in [6.45, 7) is 6.88. The zero-order chi connectivity index (χ0) is 23.6. The van der Waals surface area contributed by atoms with Crippen molar-refractivity contribution in [3.05, 3.63) is 83.3 Å². The SMILES string of the molecule is CCN(CC)Cc1ccc(C(=O)NNC(=O)c2ccc(OCc3ccccc3)c(OC)c2)o1. The first kappa shape index (κ1) is 23.9. The average Bonchev–Trinajstić information content (AvgIpc) is 3.33. The summed E-state index contributed by atoms with van der Waals surface area (Å²) >= 11 is 0. The van der Waals surface area contributed by atoms with E-state index in [1.54, 1.807) is 30.3 Å². The molecular formula is C25H29N3O5. The summed E-state index contributed by atoms with van der Waals surface area (Å²) in [6.07, 6.45) is 0. The molecule has 0 saturated carbocycles. The molecule has 2 aromatic carbocycles. The van der Waals surface area contributed by atoms with E-state index in [0.717, 1.165) is 18.7 Å². The van der Waals surface area contributed by atoms with E-state index in [9.17, 15) is 9.59 Å². The van der Waals surface area contributed by atoms with Gasteiger partial charge in [0.25, 0.3) is 5.91 Å². The molecule has 0 aliphatic carbocycles. The highest BCUT2D eigenvalue weighted by molar-refractivity contribution is 5.98. The molecule has 0 aliphatic rings. The molecule has 33 heavy (non-hydrogen) atoms. The van der Waals surface area contributed by atoms with E-state index in [4.69, 9.17) is 13.9 Å². The Hall–Kier alpha value is -3.78. The van der Waals surface area contributed by atoms with Crippen LogP contribution in [0.5, 0.6) is 11.5 Å². The minimum absolute atomic E-state index is 0.125. The molecule has 1 heterocycles. The van der Waals surface area contributed by atoms with Crippen LogP contribution in [0.15, 0.2) is 65.1 Å². The van der Waals surface area contributed by atoms with E-state index in [1.807, 2.05) is 30.3 Å². The second-order valence-corrected chi connectivity index (χ2v) is 7.28. The molecule has 0 unspecified atom stereocenters. The number of benzene rings is 2. The van der Waals surface area contributed by atoms with Gasteiger partial charge >= 0.3 is 5.91 Å². The highest BCUT2D eigenvalue weighted by Gasteiger charge is 2.15. The van der Waals surface area contributed by atoms with Gasteiger partial charge in [0.05, 0.1) is 13.7 Å². The summed E-state index contributed by atoms with van der Waals surface area (Å²) in [5.41, 5.74) is 6.09. The van der Waals surface area contributed by atoms with Crippen LogP contribution < -0.4 is 20.3 Å². The molecule has 8 nitrogen and oxygen atoms in total. The van der Waals surface area contributed by atoms with E-state index in [2.05, 4.69) is 29.6 Å². The van der Waals surface area contributed by atoms with Crippen molar-refractivity contribution >= 4 is 11.8 Å². The zero-order valence-electron chi connectivity index (χ0n) is 19.1. The van der Waals surface area contributed by atoms with E-state index in [1.165, 1.54) is 7.11 Å². The van der Waals surface area contributed by atoms with Gasteiger partial charge in [0.1, 0.15) is 12.4 Å². The highest BCUT2D eigenvalue weighted by Crippen LogP contribution is 2.28. The lowest BCUT2D eigenvalue weighted by Crippen LogP contribution is -2.41. The Kier molecular flexibility index (Phi) is 8.49. The van der Waals surface area contributed by atoms with E-state index >= 15 is 0 Å². The molecule has 8 heteroatoms. The maximum atomic E-state index is 12.5. The van der Waals surface area contributed by atoms with Crippen LogP contribution in [0.1, 0.15) is 46.1 Å². The third-order valence-corrected chi connectivity index (χ3v) is 5.11. The Morgan fingerprint density at radius 3 is 2.33 bits per heavy atom. The molecule has 0 bridgehead atoms. The first-order chi connectivity index (χ1) is 16.0. The Balaban J connectivity index is 1.56.